The average molecular weight is 288 g/mol. The highest BCUT2D eigenvalue weighted by Gasteiger charge is 2.15. The molecule has 0 amide bonds. The van der Waals surface area contributed by atoms with Crippen molar-refractivity contribution in [2.45, 2.75) is 19.8 Å². The molecule has 0 saturated heterocycles. The molecule has 1 N–H and O–H groups in total. The fourth-order valence-corrected chi connectivity index (χ4v) is 1.98. The van der Waals surface area contributed by atoms with Crippen LogP contribution in [-0.2, 0) is 0 Å². The molecule has 0 atom stereocenters. The van der Waals surface area contributed by atoms with E-state index in [0.717, 1.165) is 0 Å². The van der Waals surface area contributed by atoms with Crippen molar-refractivity contribution < 1.29 is 14.3 Å². The number of halogens is 1. The molecule has 1 aromatic carbocycles. The number of aromatic carboxylic acids is 1. The molecule has 110 valence electrons. The Bertz CT molecular complexity index is 671. The number of carboxylic acids is 1. The van der Waals surface area contributed by atoms with Crippen molar-refractivity contribution in [3.8, 4) is 0 Å². The summed E-state index contributed by atoms with van der Waals surface area (Å²) in [6.45, 7) is 3.86. The maximum Gasteiger partial charge on any atom is 0.335 e. The third kappa shape index (κ3) is 3.18. The minimum Gasteiger partial charge on any atom is -0.478 e. The van der Waals surface area contributed by atoms with E-state index in [1.807, 2.05) is 13.8 Å². The first-order chi connectivity index (χ1) is 9.90. The van der Waals surface area contributed by atoms with Crippen molar-refractivity contribution in [3.05, 3.63) is 53.5 Å². The minimum absolute atomic E-state index is 0.0806. The van der Waals surface area contributed by atoms with E-state index < -0.39 is 5.97 Å². The zero-order valence-electron chi connectivity index (χ0n) is 12.2. The largest absolute Gasteiger partial charge is 0.478 e. The van der Waals surface area contributed by atoms with Gasteiger partial charge < -0.3 is 10.0 Å². The number of carbonyl (C=O) groups is 1. The van der Waals surface area contributed by atoms with Gasteiger partial charge in [-0.1, -0.05) is 26.0 Å². The Morgan fingerprint density at radius 1 is 1.29 bits per heavy atom. The molecular formula is C16H17FN2O2. The summed E-state index contributed by atoms with van der Waals surface area (Å²) in [7, 11) is 1.66. The van der Waals surface area contributed by atoms with Gasteiger partial charge in [-0.2, -0.15) is 0 Å². The lowest BCUT2D eigenvalue weighted by atomic mass is 10.1. The molecule has 0 saturated carbocycles. The van der Waals surface area contributed by atoms with E-state index in [0.29, 0.717) is 17.2 Å². The van der Waals surface area contributed by atoms with Gasteiger partial charge in [0.25, 0.3) is 0 Å². The van der Waals surface area contributed by atoms with E-state index in [4.69, 9.17) is 0 Å². The van der Waals surface area contributed by atoms with Crippen LogP contribution < -0.4 is 4.90 Å². The third-order valence-corrected chi connectivity index (χ3v) is 3.23. The first-order valence-electron chi connectivity index (χ1n) is 6.63. The van der Waals surface area contributed by atoms with Crippen molar-refractivity contribution in [3.63, 3.8) is 0 Å². The summed E-state index contributed by atoms with van der Waals surface area (Å²) in [5.74, 6) is -0.920. The predicted octanol–water partition coefficient (Wildman–Crippen LogP) is 3.81. The number of nitrogens with zero attached hydrogens (tertiary/aromatic N) is 2. The molecule has 0 radical (unpaired) electrons. The van der Waals surface area contributed by atoms with Gasteiger partial charge in [0.05, 0.1) is 11.3 Å². The normalized spacial score (nSPS) is 10.7. The van der Waals surface area contributed by atoms with Gasteiger partial charge in [-0.15, -0.1) is 0 Å². The number of benzene rings is 1. The van der Waals surface area contributed by atoms with Gasteiger partial charge in [0.15, 0.2) is 0 Å². The lowest BCUT2D eigenvalue weighted by Gasteiger charge is -2.20. The smallest absolute Gasteiger partial charge is 0.335 e. The summed E-state index contributed by atoms with van der Waals surface area (Å²) < 4.78 is 13.9. The molecule has 0 aliphatic carbocycles. The van der Waals surface area contributed by atoms with Gasteiger partial charge in [-0.3, -0.25) is 0 Å². The molecule has 1 heterocycles. The zero-order valence-corrected chi connectivity index (χ0v) is 12.2. The third-order valence-electron chi connectivity index (χ3n) is 3.23. The van der Waals surface area contributed by atoms with Crippen molar-refractivity contribution >= 4 is 17.5 Å². The van der Waals surface area contributed by atoms with E-state index in [1.54, 1.807) is 36.2 Å². The van der Waals surface area contributed by atoms with Crippen LogP contribution >= 0.6 is 0 Å². The van der Waals surface area contributed by atoms with E-state index in [-0.39, 0.29) is 17.3 Å². The average Bonchev–Trinajstić information content (AvgIpc) is 2.46. The van der Waals surface area contributed by atoms with Crippen LogP contribution in [0.3, 0.4) is 0 Å². The number of anilines is 2. The summed E-state index contributed by atoms with van der Waals surface area (Å²) in [6.07, 6.45) is 0. The van der Waals surface area contributed by atoms with Gasteiger partial charge in [0.1, 0.15) is 11.6 Å². The standard InChI is InChI=1S/C16H17FN2O2/c1-10(2)13-8-11(16(20)21)9-15(18-13)19(3)14-7-5-4-6-12(14)17/h4-10H,1-3H3,(H,20,21). The van der Waals surface area contributed by atoms with Crippen LogP contribution in [0.25, 0.3) is 0 Å². The molecule has 1 aromatic heterocycles. The van der Waals surface area contributed by atoms with Gasteiger partial charge in [0.2, 0.25) is 0 Å². The highest BCUT2D eigenvalue weighted by Crippen LogP contribution is 2.27. The van der Waals surface area contributed by atoms with Gasteiger partial charge in [-0.25, -0.2) is 14.2 Å². The molecule has 0 unspecified atom stereocenters. The predicted molar refractivity (Wildman–Crippen MR) is 79.7 cm³/mol. The molecule has 2 rings (SSSR count). The van der Waals surface area contributed by atoms with Crippen LogP contribution in [0.1, 0.15) is 35.8 Å². The second-order valence-corrected chi connectivity index (χ2v) is 5.11. The van der Waals surface area contributed by atoms with Crippen molar-refractivity contribution in [1.82, 2.24) is 4.98 Å². The molecule has 0 aliphatic rings. The zero-order chi connectivity index (χ0) is 15.6. The molecular weight excluding hydrogens is 271 g/mol. The Labute approximate surface area is 122 Å². The lowest BCUT2D eigenvalue weighted by molar-refractivity contribution is 0.0696. The molecule has 0 aliphatic heterocycles. The summed E-state index contributed by atoms with van der Waals surface area (Å²) in [5.41, 5.74) is 1.15. The maximum atomic E-state index is 13.9. The minimum atomic E-state index is -1.03. The van der Waals surface area contributed by atoms with Gasteiger partial charge in [0, 0.05) is 12.7 Å². The SMILES string of the molecule is CC(C)c1cc(C(=O)O)cc(N(C)c2ccccc2F)n1. The summed E-state index contributed by atoms with van der Waals surface area (Å²) in [4.78, 5) is 17.2. The first-order valence-corrected chi connectivity index (χ1v) is 6.63. The molecule has 0 bridgehead atoms. The summed E-state index contributed by atoms with van der Waals surface area (Å²) >= 11 is 0. The fourth-order valence-electron chi connectivity index (χ4n) is 1.98. The van der Waals surface area contributed by atoms with Crippen LogP contribution in [-0.4, -0.2) is 23.1 Å². The first kappa shape index (κ1) is 15.0. The molecule has 2 aromatic rings. The molecule has 0 fully saturated rings. The quantitative estimate of drug-likeness (QED) is 0.929. The van der Waals surface area contributed by atoms with Gasteiger partial charge >= 0.3 is 5.97 Å². The Balaban J connectivity index is 2.52. The maximum absolute atomic E-state index is 13.9. The van der Waals surface area contributed by atoms with Crippen LogP contribution in [0.15, 0.2) is 36.4 Å². The topological polar surface area (TPSA) is 53.4 Å². The molecule has 4 nitrogen and oxygen atoms in total. The monoisotopic (exact) mass is 288 g/mol. The Morgan fingerprint density at radius 3 is 2.52 bits per heavy atom. The number of rotatable bonds is 4. The number of carboxylic acid groups (broad SMARTS) is 1. The summed E-state index contributed by atoms with van der Waals surface area (Å²) in [5, 5.41) is 9.20. The fraction of sp³-hybridized carbons (Fsp3) is 0.250. The van der Waals surface area contributed by atoms with E-state index >= 15 is 0 Å². The number of para-hydroxylation sites is 1. The summed E-state index contributed by atoms with van der Waals surface area (Å²) in [6, 6.07) is 9.30. The Morgan fingerprint density at radius 2 is 1.95 bits per heavy atom. The number of hydrogen-bond donors (Lipinski definition) is 1. The number of hydrogen-bond acceptors (Lipinski definition) is 3. The van der Waals surface area contributed by atoms with E-state index in [9.17, 15) is 14.3 Å². The van der Waals surface area contributed by atoms with Crippen molar-refractivity contribution in [2.75, 3.05) is 11.9 Å². The van der Waals surface area contributed by atoms with E-state index in [2.05, 4.69) is 4.98 Å². The van der Waals surface area contributed by atoms with Crippen LogP contribution in [0.4, 0.5) is 15.9 Å². The lowest BCUT2D eigenvalue weighted by Crippen LogP contribution is -2.15. The molecule has 5 heteroatoms. The second-order valence-electron chi connectivity index (χ2n) is 5.11. The van der Waals surface area contributed by atoms with Crippen LogP contribution in [0, 0.1) is 5.82 Å². The number of pyridine rings is 1. The van der Waals surface area contributed by atoms with Crippen molar-refractivity contribution in [2.24, 2.45) is 0 Å². The molecule has 21 heavy (non-hydrogen) atoms. The van der Waals surface area contributed by atoms with Gasteiger partial charge in [-0.05, 0) is 30.2 Å². The second kappa shape index (κ2) is 5.91. The van der Waals surface area contributed by atoms with Crippen molar-refractivity contribution in [1.29, 1.82) is 0 Å². The van der Waals surface area contributed by atoms with E-state index in [1.165, 1.54) is 12.1 Å². The highest BCUT2D eigenvalue weighted by molar-refractivity contribution is 5.89. The number of aromatic nitrogens is 1. The Kier molecular flexibility index (Phi) is 4.21. The highest BCUT2D eigenvalue weighted by atomic mass is 19.1. The van der Waals surface area contributed by atoms with Crippen LogP contribution in [0.2, 0.25) is 0 Å². The molecule has 0 spiro atoms. The Hall–Kier alpha value is -2.43. The van der Waals surface area contributed by atoms with Crippen LogP contribution in [0.5, 0.6) is 0 Å².